The molecule has 0 fully saturated rings. The second kappa shape index (κ2) is 4.66. The molecule has 22 heavy (non-hydrogen) atoms. The Morgan fingerprint density at radius 1 is 1.18 bits per heavy atom. The van der Waals surface area contributed by atoms with Gasteiger partial charge in [-0.3, -0.25) is 0 Å². The highest BCUT2D eigenvalue weighted by atomic mass is 16.5. The van der Waals surface area contributed by atoms with Gasteiger partial charge >= 0.3 is 5.63 Å². The van der Waals surface area contributed by atoms with Gasteiger partial charge in [0.2, 0.25) is 5.88 Å². The molecular weight excluding hydrogens is 284 g/mol. The maximum atomic E-state index is 11.3. The highest BCUT2D eigenvalue weighted by molar-refractivity contribution is 5.77. The van der Waals surface area contributed by atoms with E-state index < -0.39 is 5.63 Å². The van der Waals surface area contributed by atoms with Gasteiger partial charge in [0.05, 0.1) is 0 Å². The van der Waals surface area contributed by atoms with Gasteiger partial charge in [0.15, 0.2) is 0 Å². The van der Waals surface area contributed by atoms with Crippen LogP contribution in [0.4, 0.5) is 0 Å². The quantitative estimate of drug-likeness (QED) is 0.528. The molecule has 0 bridgehead atoms. The molecule has 0 unspecified atom stereocenters. The van der Waals surface area contributed by atoms with Crippen LogP contribution in [0.3, 0.4) is 0 Å². The molecule has 3 heterocycles. The summed E-state index contributed by atoms with van der Waals surface area (Å²) >= 11 is 0. The maximum Gasteiger partial charge on any atom is 0.336 e. The highest BCUT2D eigenvalue weighted by Gasteiger charge is 2.08. The van der Waals surface area contributed by atoms with E-state index >= 15 is 0 Å². The Bertz CT molecular complexity index is 1050. The van der Waals surface area contributed by atoms with Gasteiger partial charge in [-0.2, -0.15) is 14.6 Å². The van der Waals surface area contributed by atoms with E-state index in [1.54, 1.807) is 24.3 Å². The molecule has 0 radical (unpaired) electrons. The van der Waals surface area contributed by atoms with Crippen molar-refractivity contribution in [3.63, 3.8) is 0 Å². The van der Waals surface area contributed by atoms with E-state index in [-0.39, 0.29) is 0 Å². The molecule has 108 valence electrons. The normalized spacial score (nSPS) is 11.1. The van der Waals surface area contributed by atoms with E-state index in [0.717, 1.165) is 11.1 Å². The highest BCUT2D eigenvalue weighted by Crippen LogP contribution is 2.25. The number of nitrogens with zero attached hydrogens (tertiary/aromatic N) is 4. The first kappa shape index (κ1) is 12.5. The minimum Gasteiger partial charge on any atom is -0.439 e. The summed E-state index contributed by atoms with van der Waals surface area (Å²) in [5.74, 6) is 1.48. The average Bonchev–Trinajstić information content (AvgIpc) is 2.95. The third-order valence-corrected chi connectivity index (χ3v) is 3.16. The van der Waals surface area contributed by atoms with Crippen LogP contribution in [0.15, 0.2) is 51.9 Å². The summed E-state index contributed by atoms with van der Waals surface area (Å²) in [6.45, 7) is 1.85. The van der Waals surface area contributed by atoms with Crippen molar-refractivity contribution in [3.8, 4) is 11.6 Å². The van der Waals surface area contributed by atoms with E-state index in [2.05, 4.69) is 15.1 Å². The number of rotatable bonds is 2. The molecule has 0 amide bonds. The summed E-state index contributed by atoms with van der Waals surface area (Å²) in [6.07, 6.45) is 1.41. The van der Waals surface area contributed by atoms with Crippen LogP contribution in [0.1, 0.15) is 5.69 Å². The zero-order chi connectivity index (χ0) is 15.1. The molecule has 0 aliphatic rings. The molecule has 0 N–H and O–H groups in total. The summed E-state index contributed by atoms with van der Waals surface area (Å²) in [7, 11) is 0. The lowest BCUT2D eigenvalue weighted by molar-refractivity contribution is 0.444. The van der Waals surface area contributed by atoms with Crippen molar-refractivity contribution in [3.05, 3.63) is 58.8 Å². The second-order valence-electron chi connectivity index (χ2n) is 4.76. The molecule has 1 aromatic carbocycles. The van der Waals surface area contributed by atoms with Crippen molar-refractivity contribution in [2.24, 2.45) is 0 Å². The van der Waals surface area contributed by atoms with Crippen LogP contribution in [0.2, 0.25) is 0 Å². The van der Waals surface area contributed by atoms with Crippen LogP contribution in [-0.4, -0.2) is 19.6 Å². The Morgan fingerprint density at radius 3 is 2.95 bits per heavy atom. The molecule has 0 saturated heterocycles. The molecule has 0 atom stereocenters. The van der Waals surface area contributed by atoms with E-state index in [0.29, 0.717) is 23.0 Å². The van der Waals surface area contributed by atoms with Crippen LogP contribution in [0, 0.1) is 6.92 Å². The Kier molecular flexibility index (Phi) is 2.65. The fraction of sp³-hybridized carbons (Fsp3) is 0.0667. The smallest absolute Gasteiger partial charge is 0.336 e. The first-order valence-corrected chi connectivity index (χ1v) is 6.58. The third-order valence-electron chi connectivity index (χ3n) is 3.16. The Balaban J connectivity index is 1.82. The van der Waals surface area contributed by atoms with Crippen LogP contribution < -0.4 is 10.4 Å². The zero-order valence-electron chi connectivity index (χ0n) is 11.6. The summed E-state index contributed by atoms with van der Waals surface area (Å²) in [6, 6.07) is 10.1. The minimum atomic E-state index is -0.400. The average molecular weight is 294 g/mol. The second-order valence-corrected chi connectivity index (χ2v) is 4.76. The first-order valence-electron chi connectivity index (χ1n) is 6.58. The summed E-state index contributed by atoms with van der Waals surface area (Å²) < 4.78 is 12.5. The number of benzene rings is 1. The van der Waals surface area contributed by atoms with Gasteiger partial charge in [-0.15, -0.1) is 0 Å². The molecule has 3 aromatic heterocycles. The molecule has 4 aromatic rings. The number of aromatic nitrogens is 4. The van der Waals surface area contributed by atoms with Crippen molar-refractivity contribution in [2.75, 3.05) is 0 Å². The van der Waals surface area contributed by atoms with Crippen molar-refractivity contribution in [1.82, 2.24) is 19.6 Å². The molecule has 7 nitrogen and oxygen atoms in total. The fourth-order valence-corrected chi connectivity index (χ4v) is 2.19. The lowest BCUT2D eigenvalue weighted by Crippen LogP contribution is -1.99. The largest absolute Gasteiger partial charge is 0.439 e. The number of hydrogen-bond donors (Lipinski definition) is 0. The van der Waals surface area contributed by atoms with Gasteiger partial charge < -0.3 is 9.15 Å². The number of fused-ring (bicyclic) bond motifs is 2. The van der Waals surface area contributed by atoms with E-state index in [9.17, 15) is 4.79 Å². The van der Waals surface area contributed by atoms with E-state index in [1.165, 1.54) is 16.9 Å². The number of aryl methyl sites for hydroxylation is 1. The van der Waals surface area contributed by atoms with E-state index in [1.807, 2.05) is 13.0 Å². The van der Waals surface area contributed by atoms with Crippen molar-refractivity contribution in [2.45, 2.75) is 6.92 Å². The number of ether oxygens (including phenoxy) is 1. The van der Waals surface area contributed by atoms with Gasteiger partial charge in [-0.1, -0.05) is 0 Å². The van der Waals surface area contributed by atoms with E-state index in [4.69, 9.17) is 9.15 Å². The Hall–Kier alpha value is -3.22. The summed E-state index contributed by atoms with van der Waals surface area (Å²) in [5, 5.41) is 4.90. The number of hydrogen-bond acceptors (Lipinski definition) is 6. The fourth-order valence-electron chi connectivity index (χ4n) is 2.19. The topological polar surface area (TPSA) is 82.5 Å². The monoisotopic (exact) mass is 294 g/mol. The van der Waals surface area contributed by atoms with Gasteiger partial charge in [0.25, 0.3) is 5.78 Å². The molecule has 0 aliphatic carbocycles. The molecule has 0 spiro atoms. The van der Waals surface area contributed by atoms with Crippen LogP contribution in [0.5, 0.6) is 11.6 Å². The van der Waals surface area contributed by atoms with Gasteiger partial charge in [-0.05, 0) is 25.1 Å². The summed E-state index contributed by atoms with van der Waals surface area (Å²) in [4.78, 5) is 19.6. The van der Waals surface area contributed by atoms with Crippen molar-refractivity contribution >= 4 is 16.7 Å². The molecular formula is C15H10N4O3. The van der Waals surface area contributed by atoms with Crippen LogP contribution in [0.25, 0.3) is 16.7 Å². The standard InChI is InChI=1S/C15H10N4O3/c1-9-6-13(19-15(18-9)16-8-17-19)21-11-4-2-10-3-5-14(20)22-12(10)7-11/h2-8H,1H3. The van der Waals surface area contributed by atoms with Crippen LogP contribution in [-0.2, 0) is 0 Å². The van der Waals surface area contributed by atoms with Gasteiger partial charge in [0, 0.05) is 29.3 Å². The summed E-state index contributed by atoms with van der Waals surface area (Å²) in [5.41, 5.74) is 0.830. The molecule has 0 aliphatic heterocycles. The van der Waals surface area contributed by atoms with Gasteiger partial charge in [-0.25, -0.2) is 9.78 Å². The molecule has 0 saturated carbocycles. The Labute approximate surface area is 123 Å². The predicted molar refractivity (Wildman–Crippen MR) is 78.1 cm³/mol. The molecule has 4 rings (SSSR count). The minimum absolute atomic E-state index is 0.400. The van der Waals surface area contributed by atoms with Crippen molar-refractivity contribution < 1.29 is 9.15 Å². The van der Waals surface area contributed by atoms with Crippen LogP contribution >= 0.6 is 0 Å². The zero-order valence-corrected chi connectivity index (χ0v) is 11.6. The lowest BCUT2D eigenvalue weighted by Gasteiger charge is -2.08. The lowest BCUT2D eigenvalue weighted by atomic mass is 10.2. The molecule has 7 heteroatoms. The van der Waals surface area contributed by atoms with Crippen molar-refractivity contribution in [1.29, 1.82) is 0 Å². The maximum absolute atomic E-state index is 11.3. The van der Waals surface area contributed by atoms with Gasteiger partial charge in [0.1, 0.15) is 17.7 Å². The predicted octanol–water partition coefficient (Wildman–Crippen LogP) is 2.33. The SMILES string of the molecule is Cc1cc(Oc2ccc3ccc(=O)oc3c2)n2ncnc2n1. The third kappa shape index (κ3) is 2.08. The Morgan fingerprint density at radius 2 is 2.05 bits per heavy atom. The first-order chi connectivity index (χ1) is 10.7.